The molecule has 1 aromatic heterocycles. The van der Waals surface area contributed by atoms with Crippen molar-refractivity contribution in [3.63, 3.8) is 0 Å². The molecule has 29 heavy (non-hydrogen) atoms. The van der Waals surface area contributed by atoms with E-state index in [-0.39, 0.29) is 11.5 Å². The van der Waals surface area contributed by atoms with Gasteiger partial charge in [-0.25, -0.2) is 4.90 Å². The number of H-pyrrole nitrogens is 1. The fraction of sp³-hybridized carbons (Fsp3) is 0.238. The van der Waals surface area contributed by atoms with Crippen molar-refractivity contribution < 1.29 is 14.2 Å². The van der Waals surface area contributed by atoms with Crippen LogP contribution in [0.1, 0.15) is 25.6 Å². The molecule has 0 fully saturated rings. The average molecular weight is 409 g/mol. The van der Waals surface area contributed by atoms with E-state index in [1.54, 1.807) is 16.7 Å². The minimum absolute atomic E-state index is 0.143. The molecule has 2 heterocycles. The Morgan fingerprint density at radius 1 is 1.28 bits per heavy atom. The summed E-state index contributed by atoms with van der Waals surface area (Å²) in [7, 11) is 1.60. The normalized spacial score (nSPS) is 14.9. The van der Waals surface area contributed by atoms with Gasteiger partial charge >= 0.3 is 11.3 Å². The Bertz CT molecular complexity index is 1140. The van der Waals surface area contributed by atoms with E-state index in [2.05, 4.69) is 4.98 Å². The first-order valence-corrected chi connectivity index (χ1v) is 10.3. The topological polar surface area (TPSA) is 79.2 Å². The fourth-order valence-electron chi connectivity index (χ4n) is 3.62. The maximum Gasteiger partial charge on any atom is 0.325 e. The van der Waals surface area contributed by atoms with E-state index in [4.69, 9.17) is 9.84 Å². The van der Waals surface area contributed by atoms with Crippen LogP contribution in [0.4, 0.5) is 5.69 Å². The van der Waals surface area contributed by atoms with Crippen LogP contribution in [0.25, 0.3) is 11.3 Å². The smallest absolute Gasteiger partial charge is 0.325 e. The molecule has 8 heteroatoms. The molecular formula is C21H21N4O3S+. The van der Waals surface area contributed by atoms with E-state index in [1.165, 1.54) is 18.7 Å². The molecule has 0 radical (unpaired) electrons. The van der Waals surface area contributed by atoms with Crippen LogP contribution in [0.15, 0.2) is 58.5 Å². The third kappa shape index (κ3) is 3.29. The van der Waals surface area contributed by atoms with E-state index in [1.807, 2.05) is 55.5 Å². The van der Waals surface area contributed by atoms with Crippen LogP contribution in [-0.4, -0.2) is 28.9 Å². The zero-order valence-corrected chi connectivity index (χ0v) is 17.2. The highest BCUT2D eigenvalue weighted by Gasteiger charge is 2.44. The van der Waals surface area contributed by atoms with Gasteiger partial charge in [-0.15, -0.1) is 0 Å². The third-order valence-corrected chi connectivity index (χ3v) is 5.52. The highest BCUT2D eigenvalue weighted by atomic mass is 32.2. The van der Waals surface area contributed by atoms with Gasteiger partial charge in [0.25, 0.3) is 6.17 Å². The van der Waals surface area contributed by atoms with Crippen molar-refractivity contribution in [3.8, 4) is 17.0 Å². The Kier molecular flexibility index (Phi) is 5.10. The number of anilines is 1. The third-order valence-electron chi connectivity index (χ3n) is 4.77. The molecule has 0 aliphatic carbocycles. The summed E-state index contributed by atoms with van der Waals surface area (Å²) in [6, 6.07) is 14.9. The molecule has 0 unspecified atom stereocenters. The number of ether oxygens (including phenoxy) is 1. The van der Waals surface area contributed by atoms with Crippen LogP contribution in [0.3, 0.4) is 0 Å². The van der Waals surface area contributed by atoms with Crippen LogP contribution >= 0.6 is 11.8 Å². The molecule has 0 saturated carbocycles. The van der Waals surface area contributed by atoms with E-state index in [0.717, 1.165) is 11.3 Å². The van der Waals surface area contributed by atoms with E-state index in [9.17, 15) is 9.59 Å². The van der Waals surface area contributed by atoms with Gasteiger partial charge in [0.15, 0.2) is 0 Å². The summed E-state index contributed by atoms with van der Waals surface area (Å²) < 4.78 is 7.03. The quantitative estimate of drug-likeness (QED) is 0.530. The molecule has 4 rings (SSSR count). The molecule has 0 bridgehead atoms. The van der Waals surface area contributed by atoms with Crippen molar-refractivity contribution in [1.29, 1.82) is 0 Å². The number of carbonyl (C=O) groups is 1. The van der Waals surface area contributed by atoms with Gasteiger partial charge in [-0.2, -0.15) is 0 Å². The number of para-hydroxylation sites is 1. The molecule has 0 spiro atoms. The van der Waals surface area contributed by atoms with Crippen molar-refractivity contribution in [2.75, 3.05) is 17.8 Å². The lowest BCUT2D eigenvalue weighted by atomic mass is 10.0. The van der Waals surface area contributed by atoms with Crippen LogP contribution in [0.2, 0.25) is 0 Å². The fourth-order valence-corrected chi connectivity index (χ4v) is 4.20. The summed E-state index contributed by atoms with van der Waals surface area (Å²) in [4.78, 5) is 30.3. The van der Waals surface area contributed by atoms with Gasteiger partial charge in [-0.3, -0.25) is 14.6 Å². The zero-order valence-electron chi connectivity index (χ0n) is 16.4. The lowest BCUT2D eigenvalue weighted by Crippen LogP contribution is -2.60. The second-order valence-electron chi connectivity index (χ2n) is 6.54. The number of thioether (sulfide) groups is 1. The number of fused-ring (bicyclic) bond motifs is 3. The second kappa shape index (κ2) is 7.71. The van der Waals surface area contributed by atoms with Gasteiger partial charge in [-0.05, 0) is 40.8 Å². The summed E-state index contributed by atoms with van der Waals surface area (Å²) in [6.07, 6.45) is -0.606. The first-order valence-electron chi connectivity index (χ1n) is 9.27. The van der Waals surface area contributed by atoms with Crippen molar-refractivity contribution in [2.45, 2.75) is 25.2 Å². The van der Waals surface area contributed by atoms with Gasteiger partial charge in [0, 0.05) is 17.6 Å². The molecule has 1 N–H and O–H groups in total. The summed E-state index contributed by atoms with van der Waals surface area (Å²) in [6.45, 7) is 3.51. The van der Waals surface area contributed by atoms with Crippen molar-refractivity contribution in [3.05, 3.63) is 64.4 Å². The number of hydrogen-bond acceptors (Lipinski definition) is 5. The number of aromatic amines is 1. The van der Waals surface area contributed by atoms with Crippen molar-refractivity contribution in [1.82, 2.24) is 10.1 Å². The van der Waals surface area contributed by atoms with Crippen molar-refractivity contribution in [2.24, 2.45) is 0 Å². The Morgan fingerprint density at radius 3 is 2.79 bits per heavy atom. The van der Waals surface area contributed by atoms with Crippen LogP contribution in [0, 0.1) is 0 Å². The number of rotatable bonds is 4. The zero-order chi connectivity index (χ0) is 20.5. The second-order valence-corrected chi connectivity index (χ2v) is 7.79. The van der Waals surface area contributed by atoms with Gasteiger partial charge < -0.3 is 4.74 Å². The molecule has 148 valence electrons. The number of aromatic nitrogens is 3. The minimum Gasteiger partial charge on any atom is -0.497 e. The predicted molar refractivity (Wildman–Crippen MR) is 111 cm³/mol. The largest absolute Gasteiger partial charge is 0.497 e. The van der Waals surface area contributed by atoms with E-state index < -0.39 is 6.17 Å². The number of carbonyl (C=O) groups excluding carboxylic acids is 1. The standard InChI is InChI=1S/C21H20N4O3S/c1-4-29-21-22-19(27)18-16-10-5-6-11-17(16)24(13(2)26)20(25(18)23-21)14-8-7-9-15(12-14)28-3/h5-12,20H,4H2,1-3H3/p+1/t20-/m1/s1. The predicted octanol–water partition coefficient (Wildman–Crippen LogP) is 2.76. The highest BCUT2D eigenvalue weighted by Crippen LogP contribution is 2.37. The van der Waals surface area contributed by atoms with E-state index in [0.29, 0.717) is 27.9 Å². The van der Waals surface area contributed by atoms with Crippen LogP contribution in [0.5, 0.6) is 5.75 Å². The van der Waals surface area contributed by atoms with E-state index >= 15 is 0 Å². The number of nitrogens with one attached hydrogen (secondary N) is 1. The first-order chi connectivity index (χ1) is 14.0. The van der Waals surface area contributed by atoms with Gasteiger partial charge in [0.1, 0.15) is 5.75 Å². The Morgan fingerprint density at radius 2 is 2.07 bits per heavy atom. The highest BCUT2D eigenvalue weighted by molar-refractivity contribution is 7.99. The Balaban J connectivity index is 2.06. The SMILES string of the molecule is CCSc1n[n+]2c(c(=O)[nH]1)-c1ccccc1N(C(C)=O)[C@H]2c1cccc(OC)c1. The number of hydrogen-bond donors (Lipinski definition) is 1. The molecule has 7 nitrogen and oxygen atoms in total. The van der Waals surface area contributed by atoms with Crippen LogP contribution < -0.4 is 19.9 Å². The molecule has 0 saturated heterocycles. The molecule has 1 aliphatic heterocycles. The Labute approximate surface area is 172 Å². The summed E-state index contributed by atoms with van der Waals surface area (Å²) >= 11 is 1.44. The maximum absolute atomic E-state index is 13.0. The summed E-state index contributed by atoms with van der Waals surface area (Å²) in [5.41, 5.74) is 2.33. The Hall–Kier alpha value is -3.13. The average Bonchev–Trinajstić information content (AvgIpc) is 2.72. The minimum atomic E-state index is -0.606. The summed E-state index contributed by atoms with van der Waals surface area (Å²) in [5.74, 6) is 1.29. The monoisotopic (exact) mass is 409 g/mol. The maximum atomic E-state index is 13.0. The van der Waals surface area contributed by atoms with Gasteiger partial charge in [0.05, 0.1) is 18.4 Å². The molecule has 3 aromatic rings. The number of nitrogens with zero attached hydrogens (tertiary/aromatic N) is 3. The molecule has 1 aliphatic rings. The molecule has 2 aromatic carbocycles. The summed E-state index contributed by atoms with van der Waals surface area (Å²) in [5, 5.41) is 5.21. The molecule has 1 atom stereocenters. The number of methoxy groups -OCH3 is 1. The lowest BCUT2D eigenvalue weighted by Gasteiger charge is -2.31. The van der Waals surface area contributed by atoms with Gasteiger partial charge in [-0.1, -0.05) is 36.9 Å². The molecular weight excluding hydrogens is 388 g/mol. The molecule has 1 amide bonds. The van der Waals surface area contributed by atoms with Crippen molar-refractivity contribution >= 4 is 23.4 Å². The number of benzene rings is 2. The first kappa shape index (κ1) is 19.2. The van der Waals surface area contributed by atoms with Gasteiger partial charge in [0.2, 0.25) is 11.1 Å². The lowest BCUT2D eigenvalue weighted by molar-refractivity contribution is -0.763. The van der Waals surface area contributed by atoms with Crippen LogP contribution in [-0.2, 0) is 4.79 Å². The number of amides is 1.